The molecule has 0 saturated carbocycles. The molecular weight excluding hydrogens is 678 g/mol. The number of alkyl halides is 3. The Kier molecular flexibility index (Phi) is 11.8. The predicted octanol–water partition coefficient (Wildman–Crippen LogP) is 7.30. The molecule has 2 heterocycles. The summed E-state index contributed by atoms with van der Waals surface area (Å²) in [6, 6.07) is 0.433. The number of aromatic nitrogens is 3. The van der Waals surface area contributed by atoms with Crippen LogP contribution in [0.1, 0.15) is 79.1 Å². The van der Waals surface area contributed by atoms with Gasteiger partial charge in [0.15, 0.2) is 0 Å². The first-order valence-electron chi connectivity index (χ1n) is 15.9. The summed E-state index contributed by atoms with van der Waals surface area (Å²) in [5.74, 6) is -0.958. The Morgan fingerprint density at radius 3 is 2.25 bits per heavy atom. The van der Waals surface area contributed by atoms with Gasteiger partial charge < -0.3 is 19.6 Å². The Bertz CT molecular complexity index is 2040. The fourth-order valence-electron chi connectivity index (χ4n) is 6.13. The number of halogens is 6. The lowest BCUT2D eigenvalue weighted by molar-refractivity contribution is -0.139. The highest BCUT2D eigenvalue weighted by atomic mass is 19.4. The molecule has 0 bridgehead atoms. The fraction of sp³-hybridized carbons (Fsp3) is 0.351. The summed E-state index contributed by atoms with van der Waals surface area (Å²) in [5.41, 5.74) is -3.24. The highest BCUT2D eigenvalue weighted by molar-refractivity contribution is 5.82. The fourth-order valence-corrected chi connectivity index (χ4v) is 6.13. The molecule has 0 saturated heterocycles. The standard InChI is InChI=1S/C37H36F6N4O4/c1-6-7-23-15-26(32-21(4)13-25(38)14-22(32)5)35(40)33(34(23)39)28(17-31(49)50)45-36(51)29(12-20(2)3)47-18-24(8-10-46-11-9-44-19-46)27(16-30(47)48)37(41,42)43/h9,11,13-16,18-20,28-29H,8,10,12,17H2,1-5H3,(H,45,51)(H,49,50)/t28-,29-/m1/s1. The molecule has 0 aliphatic rings. The maximum atomic E-state index is 16.6. The summed E-state index contributed by atoms with van der Waals surface area (Å²) >= 11 is 0. The first-order valence-corrected chi connectivity index (χ1v) is 15.9. The van der Waals surface area contributed by atoms with E-state index in [0.717, 1.165) is 29.0 Å². The maximum Gasteiger partial charge on any atom is 0.416 e. The van der Waals surface area contributed by atoms with Gasteiger partial charge in [-0.1, -0.05) is 19.8 Å². The molecule has 8 nitrogen and oxygen atoms in total. The average molecular weight is 715 g/mol. The lowest BCUT2D eigenvalue weighted by Crippen LogP contribution is -2.41. The van der Waals surface area contributed by atoms with Crippen molar-refractivity contribution in [3.63, 3.8) is 0 Å². The largest absolute Gasteiger partial charge is 0.481 e. The topological polar surface area (TPSA) is 106 Å². The highest BCUT2D eigenvalue weighted by Gasteiger charge is 2.36. The van der Waals surface area contributed by atoms with Crippen LogP contribution in [0.25, 0.3) is 11.1 Å². The molecule has 51 heavy (non-hydrogen) atoms. The molecule has 0 aliphatic carbocycles. The SMILES string of the molecule is CC#Cc1cc(-c2c(C)cc(F)cc2C)c(F)c([C@@H](CC(=O)O)NC(=O)[C@@H](CC(C)C)n2cc(CCn3ccnc3)c(C(F)(F)F)cc2=O)c1F. The molecule has 1 amide bonds. The molecule has 2 aromatic carbocycles. The summed E-state index contributed by atoms with van der Waals surface area (Å²) in [4.78, 5) is 43.3. The number of aryl methyl sites for hydroxylation is 4. The van der Waals surface area contributed by atoms with Gasteiger partial charge in [-0.15, -0.1) is 5.92 Å². The average Bonchev–Trinajstić information content (AvgIpc) is 3.54. The van der Waals surface area contributed by atoms with Gasteiger partial charge in [0.05, 0.1) is 29.9 Å². The van der Waals surface area contributed by atoms with Gasteiger partial charge in [-0.05, 0) is 80.0 Å². The molecule has 2 N–H and O–H groups in total. The van der Waals surface area contributed by atoms with Crippen molar-refractivity contribution in [2.45, 2.75) is 78.7 Å². The number of hydrogen-bond donors (Lipinski definition) is 2. The van der Waals surface area contributed by atoms with Gasteiger partial charge in [0.1, 0.15) is 23.5 Å². The normalized spacial score (nSPS) is 12.7. The third-order valence-corrected chi connectivity index (χ3v) is 8.30. The zero-order chi connectivity index (χ0) is 37.8. The van der Waals surface area contributed by atoms with E-state index < -0.39 is 70.7 Å². The number of carboxylic acid groups (broad SMARTS) is 1. The van der Waals surface area contributed by atoms with Crippen molar-refractivity contribution in [1.29, 1.82) is 0 Å². The number of nitrogens with one attached hydrogen (secondary N) is 1. The number of imidazole rings is 1. The predicted molar refractivity (Wildman–Crippen MR) is 177 cm³/mol. The molecule has 0 fully saturated rings. The second-order valence-corrected chi connectivity index (χ2v) is 12.6. The van der Waals surface area contributed by atoms with E-state index in [2.05, 4.69) is 22.1 Å². The first kappa shape index (κ1) is 38.5. The van der Waals surface area contributed by atoms with Crippen molar-refractivity contribution in [3.8, 4) is 23.0 Å². The minimum Gasteiger partial charge on any atom is -0.481 e. The molecule has 0 aliphatic heterocycles. The van der Waals surface area contributed by atoms with Crippen LogP contribution in [0.15, 0.2) is 54.0 Å². The van der Waals surface area contributed by atoms with Crippen molar-refractivity contribution < 1.29 is 41.0 Å². The molecule has 2 atom stereocenters. The summed E-state index contributed by atoms with van der Waals surface area (Å²) in [7, 11) is 0. The second-order valence-electron chi connectivity index (χ2n) is 12.6. The molecule has 270 valence electrons. The summed E-state index contributed by atoms with van der Waals surface area (Å²) < 4.78 is 91.4. The number of rotatable bonds is 12. The van der Waals surface area contributed by atoms with Crippen LogP contribution in [0.4, 0.5) is 26.3 Å². The van der Waals surface area contributed by atoms with E-state index in [0.29, 0.717) is 17.2 Å². The highest BCUT2D eigenvalue weighted by Crippen LogP contribution is 2.38. The third-order valence-electron chi connectivity index (χ3n) is 8.30. The minimum atomic E-state index is -4.90. The van der Waals surface area contributed by atoms with Crippen LogP contribution in [-0.4, -0.2) is 31.1 Å². The molecule has 4 rings (SSSR count). The van der Waals surface area contributed by atoms with Gasteiger partial charge >= 0.3 is 12.1 Å². The lowest BCUT2D eigenvalue weighted by Gasteiger charge is -2.27. The molecule has 2 aromatic heterocycles. The quantitative estimate of drug-likeness (QED) is 0.118. The number of hydrogen-bond acceptors (Lipinski definition) is 4. The molecule has 0 unspecified atom stereocenters. The monoisotopic (exact) mass is 714 g/mol. The van der Waals surface area contributed by atoms with Crippen molar-refractivity contribution in [1.82, 2.24) is 19.4 Å². The lowest BCUT2D eigenvalue weighted by atomic mass is 9.89. The number of benzene rings is 2. The second kappa shape index (κ2) is 15.7. The molecule has 14 heteroatoms. The van der Waals surface area contributed by atoms with Crippen LogP contribution in [0.5, 0.6) is 0 Å². The molecule has 0 radical (unpaired) electrons. The summed E-state index contributed by atoms with van der Waals surface area (Å²) in [6.07, 6.45) is -0.879. The number of carbonyl (C=O) groups excluding carboxylic acids is 1. The number of amides is 1. The van der Waals surface area contributed by atoms with Gasteiger partial charge in [0, 0.05) is 42.3 Å². The number of pyridine rings is 1. The van der Waals surface area contributed by atoms with Crippen LogP contribution < -0.4 is 10.9 Å². The summed E-state index contributed by atoms with van der Waals surface area (Å²) in [5, 5.41) is 12.2. The van der Waals surface area contributed by atoms with Crippen LogP contribution in [0.3, 0.4) is 0 Å². The van der Waals surface area contributed by atoms with Crippen molar-refractivity contribution in [2.24, 2.45) is 5.92 Å². The Hall–Kier alpha value is -5.32. The number of carbonyl (C=O) groups is 2. The Labute approximate surface area is 290 Å². The van der Waals surface area contributed by atoms with Crippen LogP contribution in [-0.2, 0) is 28.7 Å². The molecule has 4 aromatic rings. The van der Waals surface area contributed by atoms with Crippen LogP contribution >= 0.6 is 0 Å². The smallest absolute Gasteiger partial charge is 0.416 e. The number of nitrogens with zero attached hydrogens (tertiary/aromatic N) is 3. The van der Waals surface area contributed by atoms with Crippen molar-refractivity contribution in [3.05, 3.63) is 110 Å². The third kappa shape index (κ3) is 8.89. The Morgan fingerprint density at radius 2 is 1.71 bits per heavy atom. The molecular formula is C37H36F6N4O4. The van der Waals surface area contributed by atoms with Gasteiger partial charge in [-0.25, -0.2) is 18.2 Å². The number of carboxylic acids is 1. The van der Waals surface area contributed by atoms with E-state index in [1.807, 2.05) is 0 Å². The number of aliphatic carboxylic acids is 1. The van der Waals surface area contributed by atoms with Crippen molar-refractivity contribution in [2.75, 3.05) is 0 Å². The molecule has 0 spiro atoms. The van der Waals surface area contributed by atoms with Crippen LogP contribution in [0.2, 0.25) is 0 Å². The van der Waals surface area contributed by atoms with Crippen LogP contribution in [0, 0.1) is 49.1 Å². The van der Waals surface area contributed by atoms with Gasteiger partial charge in [0.2, 0.25) is 5.91 Å². The van der Waals surface area contributed by atoms with E-state index in [1.54, 1.807) is 20.0 Å². The maximum absolute atomic E-state index is 16.6. The van der Waals surface area contributed by atoms with E-state index in [4.69, 9.17) is 0 Å². The summed E-state index contributed by atoms with van der Waals surface area (Å²) in [6.45, 7) is 7.87. The van der Waals surface area contributed by atoms with E-state index >= 15 is 8.78 Å². The van der Waals surface area contributed by atoms with Gasteiger partial charge in [-0.2, -0.15) is 13.2 Å². The zero-order valence-corrected chi connectivity index (χ0v) is 28.5. The van der Waals surface area contributed by atoms with E-state index in [1.165, 1.54) is 37.9 Å². The first-order chi connectivity index (χ1) is 23.9. The Balaban J connectivity index is 1.87. The van der Waals surface area contributed by atoms with Gasteiger partial charge in [-0.3, -0.25) is 14.4 Å². The minimum absolute atomic E-state index is 0.0634. The van der Waals surface area contributed by atoms with E-state index in [9.17, 15) is 37.1 Å². The van der Waals surface area contributed by atoms with Crippen molar-refractivity contribution >= 4 is 11.9 Å². The van der Waals surface area contributed by atoms with E-state index in [-0.39, 0.29) is 47.6 Å². The zero-order valence-electron chi connectivity index (χ0n) is 28.5. The Morgan fingerprint density at radius 1 is 1.04 bits per heavy atom. The van der Waals surface area contributed by atoms with Gasteiger partial charge in [0.25, 0.3) is 5.56 Å².